The van der Waals surface area contributed by atoms with Gasteiger partial charge in [-0.1, -0.05) is 59.1 Å². The Labute approximate surface area is 205 Å². The highest BCUT2D eigenvalue weighted by molar-refractivity contribution is 6.47. The van der Waals surface area contributed by atoms with Gasteiger partial charge in [-0.05, 0) is 60.0 Å². The molecule has 8 heteroatoms. The Hall–Kier alpha value is -2.99. The van der Waals surface area contributed by atoms with Gasteiger partial charge in [0.15, 0.2) is 0 Å². The highest BCUT2D eigenvalue weighted by Crippen LogP contribution is 2.40. The molecule has 1 saturated heterocycles. The van der Waals surface area contributed by atoms with E-state index in [1.165, 1.54) is 35.2 Å². The molecule has 1 amide bonds. The molecule has 1 atom stereocenters. The molecule has 33 heavy (non-hydrogen) atoms. The number of aromatic hydroxyl groups is 1. The van der Waals surface area contributed by atoms with Crippen LogP contribution in [0.2, 0.25) is 15.1 Å². The smallest absolute Gasteiger partial charge is 0.295 e. The maximum Gasteiger partial charge on any atom is 0.295 e. The van der Waals surface area contributed by atoms with Gasteiger partial charge in [0.2, 0.25) is 0 Å². The molecule has 1 heterocycles. The van der Waals surface area contributed by atoms with E-state index >= 15 is 0 Å². The second-order valence-electron chi connectivity index (χ2n) is 7.59. The third kappa shape index (κ3) is 4.71. The normalized spacial score (nSPS) is 17.5. The Kier molecular flexibility index (Phi) is 6.66. The fourth-order valence-electron chi connectivity index (χ4n) is 3.81. The maximum absolute atomic E-state index is 13.1. The zero-order valence-corrected chi connectivity index (χ0v) is 19.4. The Morgan fingerprint density at radius 3 is 2.18 bits per heavy atom. The fraction of sp³-hybridized carbons (Fsp3) is 0.120. The number of carbonyl (C=O) groups is 2. The summed E-state index contributed by atoms with van der Waals surface area (Å²) in [6, 6.07) is 17.0. The molecule has 2 N–H and O–H groups in total. The van der Waals surface area contributed by atoms with E-state index in [9.17, 15) is 19.8 Å². The van der Waals surface area contributed by atoms with E-state index in [2.05, 4.69) is 0 Å². The number of hydrogen-bond donors (Lipinski definition) is 2. The van der Waals surface area contributed by atoms with Crippen LogP contribution >= 0.6 is 34.8 Å². The number of amides is 1. The van der Waals surface area contributed by atoms with E-state index in [0.717, 1.165) is 5.56 Å². The number of Topliss-reactive ketones (excluding diaryl/α,β-unsaturated/α-hetero) is 1. The lowest BCUT2D eigenvalue weighted by molar-refractivity contribution is -0.139. The quantitative estimate of drug-likeness (QED) is 0.254. The minimum atomic E-state index is -0.840. The Morgan fingerprint density at radius 2 is 1.55 bits per heavy atom. The molecule has 168 valence electrons. The van der Waals surface area contributed by atoms with Crippen molar-refractivity contribution in [2.45, 2.75) is 12.5 Å². The topological polar surface area (TPSA) is 77.8 Å². The molecule has 1 aliphatic heterocycles. The molecule has 0 radical (unpaired) electrons. The highest BCUT2D eigenvalue weighted by atomic mass is 35.5. The molecule has 0 aliphatic carbocycles. The summed E-state index contributed by atoms with van der Waals surface area (Å²) in [4.78, 5) is 27.5. The Bertz CT molecular complexity index is 1250. The third-order valence-corrected chi connectivity index (χ3v) is 6.49. The fourth-order valence-corrected chi connectivity index (χ4v) is 4.24. The number of aliphatic hydroxyl groups is 1. The van der Waals surface area contributed by atoms with Gasteiger partial charge in [0.1, 0.15) is 11.5 Å². The first-order valence-electron chi connectivity index (χ1n) is 10.0. The van der Waals surface area contributed by atoms with Crippen LogP contribution in [0.5, 0.6) is 5.75 Å². The molecule has 1 aliphatic rings. The number of likely N-dealkylation sites (tertiary alicyclic amines) is 1. The molecule has 5 nitrogen and oxygen atoms in total. The first kappa shape index (κ1) is 23.2. The number of benzene rings is 3. The SMILES string of the molecule is O=C1C(=O)N(CCc2ccc(Cl)cc2)C(c2ccc(O)cc2)/C1=C(/O)c1ccc(Cl)c(Cl)c1. The Morgan fingerprint density at radius 1 is 0.879 bits per heavy atom. The van der Waals surface area contributed by atoms with Crippen LogP contribution in [0, 0.1) is 0 Å². The van der Waals surface area contributed by atoms with Gasteiger partial charge in [-0.3, -0.25) is 9.59 Å². The molecule has 3 aromatic carbocycles. The van der Waals surface area contributed by atoms with Crippen LogP contribution in [0.15, 0.2) is 72.3 Å². The summed E-state index contributed by atoms with van der Waals surface area (Å²) in [6.45, 7) is 0.232. The number of rotatable bonds is 5. The van der Waals surface area contributed by atoms with Gasteiger partial charge < -0.3 is 15.1 Å². The van der Waals surface area contributed by atoms with E-state index < -0.39 is 17.7 Å². The third-order valence-electron chi connectivity index (χ3n) is 5.50. The molecule has 1 fully saturated rings. The molecular formula is C25H18Cl3NO4. The summed E-state index contributed by atoms with van der Waals surface area (Å²) in [5, 5.41) is 21.9. The van der Waals surface area contributed by atoms with Crippen LogP contribution in [0.1, 0.15) is 22.7 Å². The number of aliphatic hydroxyl groups excluding tert-OH is 1. The van der Waals surface area contributed by atoms with Gasteiger partial charge in [-0.2, -0.15) is 0 Å². The van der Waals surface area contributed by atoms with Crippen molar-refractivity contribution in [3.05, 3.63) is 104 Å². The molecule has 0 bridgehead atoms. The molecular weight excluding hydrogens is 485 g/mol. The number of halogens is 3. The van der Waals surface area contributed by atoms with Crippen molar-refractivity contribution < 1.29 is 19.8 Å². The van der Waals surface area contributed by atoms with Crippen molar-refractivity contribution in [3.63, 3.8) is 0 Å². The van der Waals surface area contributed by atoms with Crippen LogP contribution in [0.4, 0.5) is 0 Å². The lowest BCUT2D eigenvalue weighted by Crippen LogP contribution is -2.31. The maximum atomic E-state index is 13.1. The molecule has 0 saturated carbocycles. The molecule has 3 aromatic rings. The Balaban J connectivity index is 1.78. The first-order valence-corrected chi connectivity index (χ1v) is 11.2. The van der Waals surface area contributed by atoms with Crippen LogP contribution in [-0.2, 0) is 16.0 Å². The minimum absolute atomic E-state index is 0.0429. The average molecular weight is 503 g/mol. The van der Waals surface area contributed by atoms with E-state index in [4.69, 9.17) is 34.8 Å². The van der Waals surface area contributed by atoms with Gasteiger partial charge in [-0.25, -0.2) is 0 Å². The van der Waals surface area contributed by atoms with Gasteiger partial charge >= 0.3 is 0 Å². The molecule has 1 unspecified atom stereocenters. The van der Waals surface area contributed by atoms with Crippen molar-refractivity contribution in [2.24, 2.45) is 0 Å². The van der Waals surface area contributed by atoms with Crippen molar-refractivity contribution in [1.29, 1.82) is 0 Å². The predicted octanol–water partition coefficient (Wildman–Crippen LogP) is 6.02. The molecule has 0 aromatic heterocycles. The molecule has 4 rings (SSSR count). The number of phenols is 1. The lowest BCUT2D eigenvalue weighted by atomic mass is 9.95. The molecule has 0 spiro atoms. The van der Waals surface area contributed by atoms with Gasteiger partial charge in [0.25, 0.3) is 11.7 Å². The summed E-state index contributed by atoms with van der Waals surface area (Å²) < 4.78 is 0. The zero-order chi connectivity index (χ0) is 23.7. The van der Waals surface area contributed by atoms with Crippen molar-refractivity contribution >= 4 is 52.3 Å². The van der Waals surface area contributed by atoms with Crippen LogP contribution in [0.3, 0.4) is 0 Å². The summed E-state index contributed by atoms with van der Waals surface area (Å²) in [5.74, 6) is -1.82. The minimum Gasteiger partial charge on any atom is -0.508 e. The van der Waals surface area contributed by atoms with Crippen molar-refractivity contribution in [1.82, 2.24) is 4.90 Å². The number of carbonyl (C=O) groups excluding carboxylic acids is 2. The zero-order valence-electron chi connectivity index (χ0n) is 17.1. The average Bonchev–Trinajstić information content (AvgIpc) is 3.05. The van der Waals surface area contributed by atoms with Crippen molar-refractivity contribution in [2.75, 3.05) is 6.54 Å². The second-order valence-corrected chi connectivity index (χ2v) is 8.84. The van der Waals surface area contributed by atoms with E-state index in [1.54, 1.807) is 24.3 Å². The van der Waals surface area contributed by atoms with Crippen molar-refractivity contribution in [3.8, 4) is 5.75 Å². The van der Waals surface area contributed by atoms with Crippen LogP contribution < -0.4 is 0 Å². The van der Waals surface area contributed by atoms with Crippen LogP contribution in [-0.4, -0.2) is 33.3 Å². The number of nitrogens with zero attached hydrogens (tertiary/aromatic N) is 1. The predicted molar refractivity (Wildman–Crippen MR) is 129 cm³/mol. The van der Waals surface area contributed by atoms with Crippen LogP contribution in [0.25, 0.3) is 5.76 Å². The van der Waals surface area contributed by atoms with Gasteiger partial charge in [0.05, 0.1) is 21.7 Å². The first-order chi connectivity index (χ1) is 15.8. The largest absolute Gasteiger partial charge is 0.508 e. The van der Waals surface area contributed by atoms with E-state index in [-0.39, 0.29) is 34.2 Å². The standard InChI is InChI=1S/C25H18Cl3NO4/c26-17-6-1-14(2-7-17)11-12-29-22(15-3-8-18(30)9-4-15)21(24(32)25(29)33)23(31)16-5-10-19(27)20(28)13-16/h1-10,13,22,30-31H,11-12H2/b23-21-. The summed E-state index contributed by atoms with van der Waals surface area (Å²) >= 11 is 18.0. The van der Waals surface area contributed by atoms with E-state index in [1.807, 2.05) is 12.1 Å². The van der Waals surface area contributed by atoms with Gasteiger partial charge in [0, 0.05) is 17.1 Å². The number of hydrogen-bond acceptors (Lipinski definition) is 4. The number of phenolic OH excluding ortho intramolecular Hbond substituents is 1. The second kappa shape index (κ2) is 9.48. The summed E-state index contributed by atoms with van der Waals surface area (Å²) in [6.07, 6.45) is 0.478. The highest BCUT2D eigenvalue weighted by Gasteiger charge is 2.45. The van der Waals surface area contributed by atoms with E-state index in [0.29, 0.717) is 22.0 Å². The number of ketones is 1. The lowest BCUT2D eigenvalue weighted by Gasteiger charge is -2.25. The van der Waals surface area contributed by atoms with Gasteiger partial charge in [-0.15, -0.1) is 0 Å². The summed E-state index contributed by atoms with van der Waals surface area (Å²) in [7, 11) is 0. The summed E-state index contributed by atoms with van der Waals surface area (Å²) in [5.41, 5.74) is 1.73. The monoisotopic (exact) mass is 501 g/mol.